The normalized spacial score (nSPS) is 15.5. The van der Waals surface area contributed by atoms with Crippen molar-refractivity contribution in [2.75, 3.05) is 0 Å². The van der Waals surface area contributed by atoms with E-state index in [1.165, 1.54) is 4.57 Å². The Bertz CT molecular complexity index is 1520. The molecule has 1 N–H and O–H groups in total. The van der Waals surface area contributed by atoms with Crippen molar-refractivity contribution < 1.29 is 8.42 Å². The summed E-state index contributed by atoms with van der Waals surface area (Å²) >= 11 is 1.55. The Morgan fingerprint density at radius 1 is 1.19 bits per heavy atom. The highest BCUT2D eigenvalue weighted by Gasteiger charge is 2.41. The van der Waals surface area contributed by atoms with Crippen LogP contribution < -0.4 is 10.4 Å². The fraction of sp³-hybridized carbons (Fsp3) is 0.381. The lowest BCUT2D eigenvalue weighted by Gasteiger charge is -2.12. The molecule has 1 aliphatic carbocycles. The molecule has 0 atom stereocenters. The molecule has 0 aliphatic heterocycles. The van der Waals surface area contributed by atoms with E-state index in [2.05, 4.69) is 14.8 Å². The summed E-state index contributed by atoms with van der Waals surface area (Å²) in [6.45, 7) is 6.11. The van der Waals surface area contributed by atoms with Gasteiger partial charge in [-0.25, -0.2) is 27.5 Å². The number of benzene rings is 1. The number of nitrogens with zero attached hydrogens (tertiary/aromatic N) is 5. The summed E-state index contributed by atoms with van der Waals surface area (Å²) in [5, 5.41) is 5.32. The molecule has 11 heteroatoms. The predicted molar refractivity (Wildman–Crippen MR) is 123 cm³/mol. The van der Waals surface area contributed by atoms with E-state index in [1.807, 2.05) is 20.8 Å². The minimum absolute atomic E-state index is 0.129. The van der Waals surface area contributed by atoms with Crippen LogP contribution in [-0.4, -0.2) is 37.9 Å². The molecule has 1 saturated carbocycles. The second-order valence-electron chi connectivity index (χ2n) is 8.61. The van der Waals surface area contributed by atoms with Crippen LogP contribution in [0.3, 0.4) is 0 Å². The molecule has 4 aromatic rings. The molecule has 32 heavy (non-hydrogen) atoms. The average Bonchev–Trinajstić information content (AvgIpc) is 3.01. The number of imidazole rings is 1. The van der Waals surface area contributed by atoms with Crippen LogP contribution in [0, 0.1) is 13.8 Å². The monoisotopic (exact) mass is 472 g/mol. The first kappa shape index (κ1) is 21.1. The third-order valence-electron chi connectivity index (χ3n) is 5.82. The third-order valence-corrected chi connectivity index (χ3v) is 8.52. The number of aryl methyl sites for hydroxylation is 3. The van der Waals surface area contributed by atoms with Gasteiger partial charge in [0, 0.05) is 29.7 Å². The van der Waals surface area contributed by atoms with Crippen molar-refractivity contribution in [3.05, 3.63) is 56.5 Å². The van der Waals surface area contributed by atoms with E-state index in [1.54, 1.807) is 58.1 Å². The molecule has 9 nitrogen and oxygen atoms in total. The zero-order chi connectivity index (χ0) is 22.8. The quantitative estimate of drug-likeness (QED) is 0.464. The highest BCUT2D eigenvalue weighted by molar-refractivity contribution is 7.89. The zero-order valence-corrected chi connectivity index (χ0v) is 19.9. The highest BCUT2D eigenvalue weighted by atomic mass is 32.2. The molecular weight excluding hydrogens is 448 g/mol. The maximum absolute atomic E-state index is 13.5. The molecule has 1 fully saturated rings. The molecule has 5 rings (SSSR count). The maximum atomic E-state index is 13.5. The third kappa shape index (κ3) is 3.59. The SMILES string of the molecule is Cc1nc(C)c(Cn2c(=O)n(-c3ccn(C)n3)c3cc(S(=O)(=O)NC4(C)CC4)ccc32)s1. The Morgan fingerprint density at radius 3 is 2.53 bits per heavy atom. The van der Waals surface area contributed by atoms with E-state index in [-0.39, 0.29) is 16.1 Å². The van der Waals surface area contributed by atoms with Crippen LogP contribution in [0.15, 0.2) is 40.2 Å². The van der Waals surface area contributed by atoms with Crippen molar-refractivity contribution in [1.82, 2.24) is 28.6 Å². The zero-order valence-electron chi connectivity index (χ0n) is 18.3. The molecule has 1 aromatic carbocycles. The van der Waals surface area contributed by atoms with Gasteiger partial charge in [0.25, 0.3) is 0 Å². The Morgan fingerprint density at radius 2 is 1.94 bits per heavy atom. The first-order valence-corrected chi connectivity index (χ1v) is 12.6. The van der Waals surface area contributed by atoms with Crippen LogP contribution >= 0.6 is 11.3 Å². The van der Waals surface area contributed by atoms with Gasteiger partial charge in [-0.2, -0.15) is 5.10 Å². The van der Waals surface area contributed by atoms with Gasteiger partial charge in [0.15, 0.2) is 5.82 Å². The average molecular weight is 473 g/mol. The van der Waals surface area contributed by atoms with Crippen LogP contribution in [-0.2, 0) is 23.6 Å². The van der Waals surface area contributed by atoms with Crippen molar-refractivity contribution in [3.63, 3.8) is 0 Å². The van der Waals surface area contributed by atoms with Crippen molar-refractivity contribution in [2.45, 2.75) is 50.6 Å². The van der Waals surface area contributed by atoms with Crippen LogP contribution in [0.1, 0.15) is 35.3 Å². The summed E-state index contributed by atoms with van der Waals surface area (Å²) in [7, 11) is -1.94. The summed E-state index contributed by atoms with van der Waals surface area (Å²) < 4.78 is 33.5. The van der Waals surface area contributed by atoms with Gasteiger partial charge < -0.3 is 0 Å². The number of rotatable bonds is 6. The maximum Gasteiger partial charge on any atom is 0.335 e. The lowest BCUT2D eigenvalue weighted by molar-refractivity contribution is 0.558. The molecule has 0 spiro atoms. The topological polar surface area (TPSA) is 104 Å². The highest BCUT2D eigenvalue weighted by Crippen LogP contribution is 2.36. The number of hydrogen-bond acceptors (Lipinski definition) is 6. The summed E-state index contributed by atoms with van der Waals surface area (Å²) in [5.74, 6) is 0.440. The van der Waals surface area contributed by atoms with Crippen LogP contribution in [0.25, 0.3) is 16.9 Å². The summed E-state index contributed by atoms with van der Waals surface area (Å²) in [4.78, 5) is 19.1. The molecule has 3 aromatic heterocycles. The fourth-order valence-corrected chi connectivity index (χ4v) is 6.25. The molecule has 0 radical (unpaired) electrons. The predicted octanol–water partition coefficient (Wildman–Crippen LogP) is 2.48. The molecule has 0 bridgehead atoms. The van der Waals surface area contributed by atoms with Gasteiger partial charge in [-0.3, -0.25) is 9.25 Å². The first-order valence-electron chi connectivity index (χ1n) is 10.3. The number of aromatic nitrogens is 5. The molecule has 168 valence electrons. The van der Waals surface area contributed by atoms with Gasteiger partial charge in [-0.1, -0.05) is 0 Å². The van der Waals surface area contributed by atoms with E-state index in [0.29, 0.717) is 23.4 Å². The summed E-state index contributed by atoms with van der Waals surface area (Å²) in [6.07, 6.45) is 3.38. The van der Waals surface area contributed by atoms with Crippen molar-refractivity contribution in [1.29, 1.82) is 0 Å². The first-order chi connectivity index (χ1) is 15.1. The number of thiazole rings is 1. The number of nitrogens with one attached hydrogen (secondary N) is 1. The molecule has 3 heterocycles. The molecule has 1 aliphatic rings. The van der Waals surface area contributed by atoms with Crippen LogP contribution in [0.2, 0.25) is 0 Å². The number of fused-ring (bicyclic) bond motifs is 1. The van der Waals surface area contributed by atoms with Crippen molar-refractivity contribution >= 4 is 32.4 Å². The lowest BCUT2D eigenvalue weighted by atomic mass is 10.3. The second-order valence-corrected chi connectivity index (χ2v) is 11.6. The van der Waals surface area contributed by atoms with Gasteiger partial charge in [0.2, 0.25) is 10.0 Å². The molecule has 0 saturated heterocycles. The number of sulfonamides is 1. The Balaban J connectivity index is 1.70. The Hall–Kier alpha value is -2.76. The van der Waals surface area contributed by atoms with Gasteiger partial charge in [-0.05, 0) is 51.8 Å². The fourth-order valence-electron chi connectivity index (χ4n) is 3.84. The van der Waals surface area contributed by atoms with E-state index in [9.17, 15) is 13.2 Å². The van der Waals surface area contributed by atoms with Crippen molar-refractivity contribution in [2.24, 2.45) is 7.05 Å². The molecule has 0 unspecified atom stereocenters. The van der Waals surface area contributed by atoms with E-state index in [4.69, 9.17) is 0 Å². The van der Waals surface area contributed by atoms with E-state index >= 15 is 0 Å². The van der Waals surface area contributed by atoms with E-state index < -0.39 is 10.0 Å². The van der Waals surface area contributed by atoms with Gasteiger partial charge in [0.05, 0.1) is 33.2 Å². The summed E-state index contributed by atoms with van der Waals surface area (Å²) in [5.41, 5.74) is 1.36. The standard InChI is InChI=1S/C21H24N6O3S2/c1-13-18(31-14(2)22-13)12-26-16-6-5-15(32(29,30)24-21(3)8-9-21)11-17(16)27(20(26)28)19-7-10-25(4)23-19/h5-7,10-11,24H,8-9,12H2,1-4H3. The Labute approximate surface area is 189 Å². The Kier molecular flexibility index (Phi) is 4.70. The van der Waals surface area contributed by atoms with Gasteiger partial charge >= 0.3 is 5.69 Å². The van der Waals surface area contributed by atoms with Crippen LogP contribution in [0.4, 0.5) is 0 Å². The molecule has 0 amide bonds. The van der Waals surface area contributed by atoms with Crippen molar-refractivity contribution in [3.8, 4) is 5.82 Å². The van der Waals surface area contributed by atoms with Gasteiger partial charge in [-0.15, -0.1) is 11.3 Å². The van der Waals surface area contributed by atoms with E-state index in [0.717, 1.165) is 28.4 Å². The van der Waals surface area contributed by atoms with Crippen LogP contribution in [0.5, 0.6) is 0 Å². The second kappa shape index (κ2) is 7.12. The lowest BCUT2D eigenvalue weighted by Crippen LogP contribution is -2.34. The molecular formula is C21H24N6O3S2. The number of hydrogen-bond donors (Lipinski definition) is 1. The minimum Gasteiger partial charge on any atom is -0.286 e. The largest absolute Gasteiger partial charge is 0.335 e. The van der Waals surface area contributed by atoms with Gasteiger partial charge in [0.1, 0.15) is 0 Å². The minimum atomic E-state index is -3.71. The summed E-state index contributed by atoms with van der Waals surface area (Å²) in [6, 6.07) is 6.54. The smallest absolute Gasteiger partial charge is 0.286 e.